The Morgan fingerprint density at radius 3 is 2.72 bits per heavy atom. The molecule has 0 spiro atoms. The van der Waals surface area contributed by atoms with Crippen molar-refractivity contribution in [2.45, 2.75) is 32.4 Å². The molecule has 0 fully saturated rings. The van der Waals surface area contributed by atoms with Gasteiger partial charge in [-0.15, -0.1) is 11.3 Å². The van der Waals surface area contributed by atoms with Crippen LogP contribution in [0.15, 0.2) is 35.5 Å². The van der Waals surface area contributed by atoms with Crippen molar-refractivity contribution in [2.75, 3.05) is 26.0 Å². The van der Waals surface area contributed by atoms with Gasteiger partial charge < -0.3 is 15.3 Å². The summed E-state index contributed by atoms with van der Waals surface area (Å²) in [6.45, 7) is 3.03. The topological polar surface area (TPSA) is 107 Å². The van der Waals surface area contributed by atoms with E-state index in [-0.39, 0.29) is 12.1 Å². The zero-order valence-corrected chi connectivity index (χ0v) is 17.7. The van der Waals surface area contributed by atoms with E-state index in [0.29, 0.717) is 24.4 Å². The third-order valence-electron chi connectivity index (χ3n) is 4.23. The van der Waals surface area contributed by atoms with E-state index in [4.69, 9.17) is 0 Å². The van der Waals surface area contributed by atoms with E-state index >= 15 is 0 Å². The molecule has 154 valence electrons. The number of nitrogens with one attached hydrogen (secondary N) is 2. The Bertz CT molecular complexity index is 983. The van der Waals surface area contributed by atoms with Gasteiger partial charge >= 0.3 is 0 Å². The predicted molar refractivity (Wildman–Crippen MR) is 114 cm³/mol. The molecule has 0 radical (unpaired) electrons. The molecule has 3 rings (SSSR count). The summed E-state index contributed by atoms with van der Waals surface area (Å²) < 4.78 is 0. The summed E-state index contributed by atoms with van der Waals surface area (Å²) in [7, 11) is 4.02. The van der Waals surface area contributed by atoms with Crippen molar-refractivity contribution in [3.8, 4) is 0 Å². The molecule has 0 bridgehead atoms. The summed E-state index contributed by atoms with van der Waals surface area (Å²) in [5.74, 6) is 0.340. The Labute approximate surface area is 173 Å². The monoisotopic (exact) mass is 414 g/mol. The summed E-state index contributed by atoms with van der Waals surface area (Å²) in [5.41, 5.74) is 2.26. The molecule has 3 aromatic heterocycles. The van der Waals surface area contributed by atoms with Gasteiger partial charge in [0.1, 0.15) is 0 Å². The van der Waals surface area contributed by atoms with E-state index in [1.165, 1.54) is 0 Å². The van der Waals surface area contributed by atoms with E-state index in [1.807, 2.05) is 39.3 Å². The number of rotatable bonds is 9. The lowest BCUT2D eigenvalue weighted by Gasteiger charge is -2.11. The van der Waals surface area contributed by atoms with Gasteiger partial charge in [0.15, 0.2) is 0 Å². The average molecular weight is 415 g/mol. The van der Waals surface area contributed by atoms with Gasteiger partial charge in [-0.2, -0.15) is 0 Å². The molecule has 8 nitrogen and oxygen atoms in total. The molecule has 0 aromatic carbocycles. The summed E-state index contributed by atoms with van der Waals surface area (Å²) in [5, 5.41) is 14.1. The van der Waals surface area contributed by atoms with Crippen LogP contribution < -0.4 is 10.9 Å². The molecule has 1 unspecified atom stereocenters. The molecule has 0 saturated heterocycles. The Morgan fingerprint density at radius 2 is 2.03 bits per heavy atom. The van der Waals surface area contributed by atoms with Crippen LogP contribution in [0.5, 0.6) is 0 Å². The van der Waals surface area contributed by atoms with Gasteiger partial charge in [0.25, 0.3) is 5.56 Å². The highest BCUT2D eigenvalue weighted by atomic mass is 32.1. The molecule has 0 aliphatic rings. The minimum atomic E-state index is -0.628. The van der Waals surface area contributed by atoms with Crippen LogP contribution >= 0.6 is 11.3 Å². The van der Waals surface area contributed by atoms with E-state index in [9.17, 15) is 9.90 Å². The van der Waals surface area contributed by atoms with Crippen LogP contribution in [-0.4, -0.2) is 56.7 Å². The number of aromatic nitrogens is 4. The lowest BCUT2D eigenvalue weighted by atomic mass is 10.1. The zero-order valence-electron chi connectivity index (χ0n) is 16.8. The number of aryl methyl sites for hydroxylation is 1. The molecule has 0 amide bonds. The van der Waals surface area contributed by atoms with Gasteiger partial charge in [-0.3, -0.25) is 14.8 Å². The number of H-pyrrole nitrogens is 1. The van der Waals surface area contributed by atoms with Crippen molar-refractivity contribution in [1.29, 1.82) is 0 Å². The van der Waals surface area contributed by atoms with Crippen molar-refractivity contribution in [3.05, 3.63) is 67.8 Å². The fourth-order valence-corrected chi connectivity index (χ4v) is 3.89. The highest BCUT2D eigenvalue weighted by molar-refractivity contribution is 7.11. The number of thiazole rings is 1. The molecule has 1 atom stereocenters. The molecular weight excluding hydrogens is 388 g/mol. The highest BCUT2D eigenvalue weighted by Gasteiger charge is 2.11. The number of pyridine rings is 1. The fraction of sp³-hybridized carbons (Fsp3) is 0.400. The standard InChI is InChI=1S/C20H26N6O2S/c1-13-4-5-14(8-21-13)6-15-9-23-20(25-19(15)28)24-10-16(27)7-18-22-11-17(29-18)12-26(2)3/h4-5,8-9,11,16,27H,6-7,10,12H2,1-3H3,(H2,23,24,25,28). The summed E-state index contributed by atoms with van der Waals surface area (Å²) in [4.78, 5) is 31.1. The molecule has 0 aliphatic heterocycles. The van der Waals surface area contributed by atoms with Crippen LogP contribution in [0.4, 0.5) is 5.95 Å². The van der Waals surface area contributed by atoms with Gasteiger partial charge in [-0.25, -0.2) is 9.97 Å². The second-order valence-corrected chi connectivity index (χ2v) is 8.47. The summed E-state index contributed by atoms with van der Waals surface area (Å²) in [6.07, 6.45) is 5.46. The van der Waals surface area contributed by atoms with Gasteiger partial charge in [-0.1, -0.05) is 6.07 Å². The molecule has 9 heteroatoms. The first-order valence-electron chi connectivity index (χ1n) is 9.39. The van der Waals surface area contributed by atoms with Gasteiger partial charge in [0.2, 0.25) is 5.95 Å². The summed E-state index contributed by atoms with van der Waals surface area (Å²) >= 11 is 1.60. The Morgan fingerprint density at radius 1 is 1.21 bits per heavy atom. The second-order valence-electron chi connectivity index (χ2n) is 7.27. The smallest absolute Gasteiger partial charge is 0.255 e. The first-order valence-corrected chi connectivity index (χ1v) is 10.2. The second kappa shape index (κ2) is 9.73. The fourth-order valence-electron chi connectivity index (χ4n) is 2.78. The molecular formula is C20H26N6O2S. The number of hydrogen-bond acceptors (Lipinski definition) is 8. The number of aromatic amines is 1. The molecule has 3 heterocycles. The van der Waals surface area contributed by atoms with Crippen LogP contribution in [0.25, 0.3) is 0 Å². The minimum Gasteiger partial charge on any atom is -0.391 e. The third-order valence-corrected chi connectivity index (χ3v) is 5.23. The van der Waals surface area contributed by atoms with Crippen molar-refractivity contribution in [1.82, 2.24) is 24.8 Å². The van der Waals surface area contributed by atoms with E-state index in [0.717, 1.165) is 27.7 Å². The number of nitrogens with zero attached hydrogens (tertiary/aromatic N) is 4. The lowest BCUT2D eigenvalue weighted by molar-refractivity contribution is 0.188. The van der Waals surface area contributed by atoms with Crippen LogP contribution in [0.1, 0.15) is 26.7 Å². The normalized spacial score (nSPS) is 12.3. The quantitative estimate of drug-likeness (QED) is 0.488. The van der Waals surface area contributed by atoms with Gasteiger partial charge in [0, 0.05) is 60.7 Å². The number of aliphatic hydroxyl groups is 1. The van der Waals surface area contributed by atoms with Crippen LogP contribution in [-0.2, 0) is 19.4 Å². The first kappa shape index (κ1) is 21.1. The number of hydrogen-bond donors (Lipinski definition) is 3. The van der Waals surface area contributed by atoms with Crippen molar-refractivity contribution >= 4 is 17.3 Å². The maximum absolute atomic E-state index is 12.3. The molecule has 3 aromatic rings. The van der Waals surface area contributed by atoms with Crippen molar-refractivity contribution in [2.24, 2.45) is 0 Å². The van der Waals surface area contributed by atoms with Crippen LogP contribution in [0, 0.1) is 6.92 Å². The largest absolute Gasteiger partial charge is 0.391 e. The molecule has 3 N–H and O–H groups in total. The van der Waals surface area contributed by atoms with E-state index in [2.05, 4.69) is 30.2 Å². The highest BCUT2D eigenvalue weighted by Crippen LogP contribution is 2.16. The lowest BCUT2D eigenvalue weighted by Crippen LogP contribution is -2.24. The first-order chi connectivity index (χ1) is 13.9. The Hall–Kier alpha value is -2.62. The maximum Gasteiger partial charge on any atom is 0.255 e. The van der Waals surface area contributed by atoms with Crippen molar-refractivity contribution in [3.63, 3.8) is 0 Å². The summed E-state index contributed by atoms with van der Waals surface area (Å²) in [6, 6.07) is 3.87. The van der Waals surface area contributed by atoms with Crippen LogP contribution in [0.2, 0.25) is 0 Å². The SMILES string of the molecule is Cc1ccc(Cc2cnc(NCC(O)Cc3ncc(CN(C)C)s3)[nH]c2=O)cn1. The van der Waals surface area contributed by atoms with Crippen molar-refractivity contribution < 1.29 is 5.11 Å². The zero-order chi connectivity index (χ0) is 20.8. The number of anilines is 1. The van der Waals surface area contributed by atoms with E-state index in [1.54, 1.807) is 23.7 Å². The third kappa shape index (κ3) is 6.45. The molecule has 0 saturated carbocycles. The Balaban J connectivity index is 1.52. The van der Waals surface area contributed by atoms with Gasteiger partial charge in [-0.05, 0) is 32.6 Å². The predicted octanol–water partition coefficient (Wildman–Crippen LogP) is 1.60. The van der Waals surface area contributed by atoms with Gasteiger partial charge in [0.05, 0.1) is 11.1 Å². The Kier molecular flexibility index (Phi) is 7.08. The molecule has 0 aliphatic carbocycles. The minimum absolute atomic E-state index is 0.203. The number of aliphatic hydroxyl groups excluding tert-OH is 1. The maximum atomic E-state index is 12.3. The molecule has 29 heavy (non-hydrogen) atoms. The van der Waals surface area contributed by atoms with Crippen LogP contribution in [0.3, 0.4) is 0 Å². The van der Waals surface area contributed by atoms with E-state index < -0.39 is 6.10 Å². The average Bonchev–Trinajstić information content (AvgIpc) is 3.09.